The topological polar surface area (TPSA) is 70.1 Å². The molecule has 25 heavy (non-hydrogen) atoms. The molecule has 0 aliphatic rings. The van der Waals surface area contributed by atoms with Gasteiger partial charge in [-0.3, -0.25) is 9.59 Å². The van der Waals surface area contributed by atoms with Crippen molar-refractivity contribution < 1.29 is 4.79 Å². The Morgan fingerprint density at radius 3 is 2.64 bits per heavy atom. The molecule has 3 aromatic rings. The first-order valence-corrected chi connectivity index (χ1v) is 8.67. The summed E-state index contributed by atoms with van der Waals surface area (Å²) in [6.45, 7) is 7.52. The van der Waals surface area contributed by atoms with E-state index in [-0.39, 0.29) is 11.5 Å². The van der Waals surface area contributed by atoms with Gasteiger partial charge in [0.25, 0.3) is 11.5 Å². The van der Waals surface area contributed by atoms with E-state index in [1.165, 1.54) is 0 Å². The normalized spacial score (nSPS) is 11.5. The van der Waals surface area contributed by atoms with Gasteiger partial charge in [-0.25, -0.2) is 0 Å². The zero-order chi connectivity index (χ0) is 18.0. The van der Waals surface area contributed by atoms with Gasteiger partial charge < -0.3 is 19.8 Å². The summed E-state index contributed by atoms with van der Waals surface area (Å²) in [5.41, 5.74) is 1.88. The number of nitrogens with zero attached hydrogens (tertiary/aromatic N) is 2. The van der Waals surface area contributed by atoms with Crippen molar-refractivity contribution >= 4 is 27.7 Å². The van der Waals surface area contributed by atoms with Crippen LogP contribution < -0.4 is 10.9 Å². The largest absolute Gasteiger partial charge is 0.349 e. The first-order chi connectivity index (χ1) is 12.1. The fraction of sp³-hybridized carbons (Fsp3) is 0.368. The summed E-state index contributed by atoms with van der Waals surface area (Å²) < 4.78 is 1.81. The number of H-pyrrole nitrogens is 1. The maximum Gasteiger partial charge on any atom is 0.267 e. The zero-order valence-corrected chi connectivity index (χ0v) is 14.9. The Morgan fingerprint density at radius 2 is 1.92 bits per heavy atom. The van der Waals surface area contributed by atoms with Crippen molar-refractivity contribution in [2.24, 2.45) is 7.05 Å². The number of nitrogens with one attached hydrogen (secondary N) is 2. The molecule has 1 aromatic carbocycles. The highest BCUT2D eigenvalue weighted by molar-refractivity contribution is 6.07. The molecule has 132 valence electrons. The van der Waals surface area contributed by atoms with Gasteiger partial charge in [-0.1, -0.05) is 32.0 Å². The second kappa shape index (κ2) is 7.11. The Labute approximate surface area is 146 Å². The Morgan fingerprint density at radius 1 is 1.20 bits per heavy atom. The highest BCUT2D eigenvalue weighted by Gasteiger charge is 2.17. The summed E-state index contributed by atoms with van der Waals surface area (Å²) >= 11 is 0. The van der Waals surface area contributed by atoms with Crippen molar-refractivity contribution in [3.05, 3.63) is 46.4 Å². The molecule has 0 radical (unpaired) electrons. The zero-order valence-electron chi connectivity index (χ0n) is 14.9. The van der Waals surface area contributed by atoms with Crippen molar-refractivity contribution in [3.63, 3.8) is 0 Å². The van der Waals surface area contributed by atoms with Gasteiger partial charge >= 0.3 is 0 Å². The molecule has 2 N–H and O–H groups in total. The minimum absolute atomic E-state index is 0.158. The molecule has 0 saturated heterocycles. The number of aromatic amines is 1. The van der Waals surface area contributed by atoms with E-state index in [1.807, 2.05) is 31.3 Å². The summed E-state index contributed by atoms with van der Waals surface area (Å²) in [4.78, 5) is 30.1. The van der Waals surface area contributed by atoms with Gasteiger partial charge in [0.2, 0.25) is 0 Å². The van der Waals surface area contributed by atoms with E-state index in [9.17, 15) is 9.59 Å². The number of carbonyl (C=O) groups is 1. The van der Waals surface area contributed by atoms with E-state index >= 15 is 0 Å². The third kappa shape index (κ3) is 3.17. The third-order valence-corrected chi connectivity index (χ3v) is 4.75. The quantitative estimate of drug-likeness (QED) is 0.722. The van der Waals surface area contributed by atoms with Gasteiger partial charge in [-0.15, -0.1) is 0 Å². The smallest absolute Gasteiger partial charge is 0.267 e. The first-order valence-electron chi connectivity index (χ1n) is 8.67. The Hall–Kier alpha value is -2.60. The van der Waals surface area contributed by atoms with Crippen LogP contribution >= 0.6 is 0 Å². The molecule has 6 heteroatoms. The summed E-state index contributed by atoms with van der Waals surface area (Å²) in [6, 6.07) is 9.31. The van der Waals surface area contributed by atoms with Crippen LogP contribution in [0, 0.1) is 0 Å². The molecule has 0 aliphatic carbocycles. The van der Waals surface area contributed by atoms with Gasteiger partial charge in [-0.2, -0.15) is 0 Å². The number of carbonyl (C=O) groups excluding carboxylic acids is 1. The molecule has 6 nitrogen and oxygen atoms in total. The van der Waals surface area contributed by atoms with E-state index in [4.69, 9.17) is 0 Å². The van der Waals surface area contributed by atoms with Crippen LogP contribution in [0.5, 0.6) is 0 Å². The lowest BCUT2D eigenvalue weighted by Crippen LogP contribution is -2.35. The van der Waals surface area contributed by atoms with Crippen LogP contribution in [0.3, 0.4) is 0 Å². The molecule has 0 aliphatic heterocycles. The second-order valence-corrected chi connectivity index (χ2v) is 6.13. The lowest BCUT2D eigenvalue weighted by molar-refractivity contribution is 0.0941. The number of benzene rings is 1. The molecular formula is C19H24N4O2. The van der Waals surface area contributed by atoms with Crippen LogP contribution in [0.1, 0.15) is 24.3 Å². The highest BCUT2D eigenvalue weighted by atomic mass is 16.2. The maximum absolute atomic E-state index is 12.6. The second-order valence-electron chi connectivity index (χ2n) is 6.13. The number of para-hydroxylation sites is 1. The SMILES string of the molecule is CCN(CC)CCNC(=O)c1cc2c(=O)[nH]c3ccccc3c2n1C. The van der Waals surface area contributed by atoms with Crippen molar-refractivity contribution in [1.82, 2.24) is 19.8 Å². The summed E-state index contributed by atoms with van der Waals surface area (Å²) in [5.74, 6) is -0.158. The van der Waals surface area contributed by atoms with Crippen LogP contribution in [-0.2, 0) is 7.05 Å². The minimum Gasteiger partial charge on any atom is -0.349 e. The molecular weight excluding hydrogens is 316 g/mol. The Kier molecular flexibility index (Phi) is 4.90. The molecule has 0 fully saturated rings. The lowest BCUT2D eigenvalue weighted by Gasteiger charge is -2.18. The lowest BCUT2D eigenvalue weighted by atomic mass is 10.1. The van der Waals surface area contributed by atoms with Crippen molar-refractivity contribution in [2.45, 2.75) is 13.8 Å². The van der Waals surface area contributed by atoms with E-state index in [0.29, 0.717) is 17.6 Å². The van der Waals surface area contributed by atoms with E-state index < -0.39 is 0 Å². The predicted octanol–water partition coefficient (Wildman–Crippen LogP) is 2.09. The fourth-order valence-electron chi connectivity index (χ4n) is 3.27. The van der Waals surface area contributed by atoms with Gasteiger partial charge in [-0.05, 0) is 25.2 Å². The molecule has 0 bridgehead atoms. The number of likely N-dealkylation sites (N-methyl/N-ethyl adjacent to an activating group) is 1. The monoisotopic (exact) mass is 340 g/mol. The number of aryl methyl sites for hydroxylation is 1. The number of hydrogen-bond donors (Lipinski definition) is 2. The first kappa shape index (κ1) is 17.2. The standard InChI is InChI=1S/C19H24N4O2/c1-4-23(5-2)11-10-20-19(25)16-12-14-17(22(16)3)13-8-6-7-9-15(13)21-18(14)24/h6-9,12H,4-5,10-11H2,1-3H3,(H,20,25)(H,21,24). The number of rotatable bonds is 6. The van der Waals surface area contributed by atoms with Crippen LogP contribution in [0.15, 0.2) is 35.1 Å². The van der Waals surface area contributed by atoms with Gasteiger partial charge in [0.1, 0.15) is 5.69 Å². The van der Waals surface area contributed by atoms with Crippen LogP contribution in [0.4, 0.5) is 0 Å². The summed E-state index contributed by atoms with van der Waals surface area (Å²) in [5, 5.41) is 4.42. The van der Waals surface area contributed by atoms with Crippen LogP contribution in [0.2, 0.25) is 0 Å². The number of fused-ring (bicyclic) bond motifs is 3. The van der Waals surface area contributed by atoms with E-state index in [2.05, 4.69) is 29.0 Å². The molecule has 0 unspecified atom stereocenters. The highest BCUT2D eigenvalue weighted by Crippen LogP contribution is 2.23. The molecule has 0 saturated carbocycles. The number of pyridine rings is 1. The fourth-order valence-corrected chi connectivity index (χ4v) is 3.27. The molecule has 3 rings (SSSR count). The van der Waals surface area contributed by atoms with Crippen molar-refractivity contribution in [3.8, 4) is 0 Å². The minimum atomic E-state index is -0.175. The van der Waals surface area contributed by atoms with Crippen LogP contribution in [-0.4, -0.2) is 46.5 Å². The number of amides is 1. The van der Waals surface area contributed by atoms with Gasteiger partial charge in [0.15, 0.2) is 0 Å². The van der Waals surface area contributed by atoms with Crippen molar-refractivity contribution in [2.75, 3.05) is 26.2 Å². The van der Waals surface area contributed by atoms with Gasteiger partial charge in [0, 0.05) is 25.5 Å². The predicted molar refractivity (Wildman–Crippen MR) is 101 cm³/mol. The van der Waals surface area contributed by atoms with Crippen molar-refractivity contribution in [1.29, 1.82) is 0 Å². The molecule has 0 atom stereocenters. The van der Waals surface area contributed by atoms with E-state index in [0.717, 1.165) is 36.1 Å². The number of hydrogen-bond acceptors (Lipinski definition) is 3. The Bertz CT molecular complexity index is 967. The third-order valence-electron chi connectivity index (χ3n) is 4.75. The average Bonchev–Trinajstić information content (AvgIpc) is 2.97. The average molecular weight is 340 g/mol. The molecule has 0 spiro atoms. The number of aromatic nitrogens is 2. The molecule has 2 aromatic heterocycles. The van der Waals surface area contributed by atoms with Gasteiger partial charge in [0.05, 0.1) is 16.4 Å². The van der Waals surface area contributed by atoms with Crippen LogP contribution in [0.25, 0.3) is 21.8 Å². The van der Waals surface area contributed by atoms with E-state index in [1.54, 1.807) is 10.6 Å². The molecule has 2 heterocycles. The maximum atomic E-state index is 12.6. The Balaban J connectivity index is 1.94. The molecule has 1 amide bonds. The summed E-state index contributed by atoms with van der Waals surface area (Å²) in [6.07, 6.45) is 0. The summed E-state index contributed by atoms with van der Waals surface area (Å²) in [7, 11) is 1.83.